The van der Waals surface area contributed by atoms with Crippen molar-refractivity contribution in [3.05, 3.63) is 95.1 Å². The Balaban J connectivity index is 1.65. The number of carbonyl (C=O) groups is 2. The molecule has 3 aromatic carbocycles. The summed E-state index contributed by atoms with van der Waals surface area (Å²) in [6, 6.07) is 21.7. The average Bonchev–Trinajstić information content (AvgIpc) is 2.82. The normalized spacial score (nSPS) is 11.5. The monoisotopic (exact) mass is 420 g/mol. The number of esters is 2. The number of aliphatic hydroxyl groups is 1. The summed E-state index contributed by atoms with van der Waals surface area (Å²) in [5.74, 6) is 0.196. The summed E-state index contributed by atoms with van der Waals surface area (Å²) < 4.78 is 15.2. The second kappa shape index (κ2) is 10.4. The molecule has 1 N–H and O–H groups in total. The maximum absolute atomic E-state index is 12.0. The molecule has 0 aliphatic rings. The summed E-state index contributed by atoms with van der Waals surface area (Å²) in [6.45, 7) is 0. The van der Waals surface area contributed by atoms with E-state index in [1.807, 2.05) is 54.6 Å². The van der Waals surface area contributed by atoms with Crippen molar-refractivity contribution in [2.75, 3.05) is 14.2 Å². The number of aryl methyl sites for hydroxylation is 1. The van der Waals surface area contributed by atoms with E-state index in [1.165, 1.54) is 26.4 Å². The van der Waals surface area contributed by atoms with E-state index in [0.29, 0.717) is 18.4 Å². The predicted molar refractivity (Wildman–Crippen MR) is 115 cm³/mol. The Morgan fingerprint density at radius 3 is 2.06 bits per heavy atom. The van der Waals surface area contributed by atoms with Crippen LogP contribution in [-0.4, -0.2) is 31.3 Å². The van der Waals surface area contributed by atoms with Crippen LogP contribution in [0.25, 0.3) is 0 Å². The molecule has 0 aliphatic carbocycles. The van der Waals surface area contributed by atoms with Crippen LogP contribution < -0.4 is 4.74 Å². The third-order valence-electron chi connectivity index (χ3n) is 4.85. The number of carbonyl (C=O) groups excluding carboxylic acids is 2. The topological polar surface area (TPSA) is 82.1 Å². The highest BCUT2D eigenvalue weighted by Crippen LogP contribution is 2.25. The second-order valence-corrected chi connectivity index (χ2v) is 6.90. The number of hydrogen-bond donors (Lipinski definition) is 1. The lowest BCUT2D eigenvalue weighted by Gasteiger charge is -2.14. The lowest BCUT2D eigenvalue weighted by molar-refractivity contribution is 0.0554. The molecule has 0 amide bonds. The highest BCUT2D eigenvalue weighted by atomic mass is 16.5. The first-order valence-corrected chi connectivity index (χ1v) is 9.82. The van der Waals surface area contributed by atoms with Crippen LogP contribution in [0.3, 0.4) is 0 Å². The number of rotatable bonds is 8. The van der Waals surface area contributed by atoms with Crippen LogP contribution >= 0.6 is 0 Å². The summed E-state index contributed by atoms with van der Waals surface area (Å²) in [4.78, 5) is 23.9. The van der Waals surface area contributed by atoms with Crippen molar-refractivity contribution in [2.45, 2.75) is 18.9 Å². The maximum atomic E-state index is 12.0. The van der Waals surface area contributed by atoms with Crippen LogP contribution in [0.4, 0.5) is 0 Å². The highest BCUT2D eigenvalue weighted by molar-refractivity contribution is 6.03. The average molecular weight is 420 g/mol. The molecule has 160 valence electrons. The van der Waals surface area contributed by atoms with E-state index < -0.39 is 18.0 Å². The molecule has 0 bridgehead atoms. The standard InChI is InChI=1S/C25H24O6/c1-29-24(27)21-14-11-18(16-22(21)25(28)30-2)23(26)15-10-17-8-12-20(13-9-17)31-19-6-4-3-5-7-19/h3-9,11-14,16,23,26H,10,15H2,1-2H3. The minimum Gasteiger partial charge on any atom is -0.465 e. The summed E-state index contributed by atoms with van der Waals surface area (Å²) >= 11 is 0. The van der Waals surface area contributed by atoms with Gasteiger partial charge in [0.15, 0.2) is 0 Å². The second-order valence-electron chi connectivity index (χ2n) is 6.90. The molecule has 0 saturated carbocycles. The van der Waals surface area contributed by atoms with Gasteiger partial charge in [0.1, 0.15) is 11.5 Å². The lowest BCUT2D eigenvalue weighted by Crippen LogP contribution is -2.13. The van der Waals surface area contributed by atoms with Gasteiger partial charge in [0, 0.05) is 0 Å². The summed E-state index contributed by atoms with van der Waals surface area (Å²) in [6.07, 6.45) is 0.256. The number of hydrogen-bond acceptors (Lipinski definition) is 6. The van der Waals surface area contributed by atoms with Gasteiger partial charge >= 0.3 is 11.9 Å². The highest BCUT2D eigenvalue weighted by Gasteiger charge is 2.20. The van der Waals surface area contributed by atoms with Gasteiger partial charge in [-0.1, -0.05) is 36.4 Å². The van der Waals surface area contributed by atoms with Gasteiger partial charge < -0.3 is 19.3 Å². The number of para-hydroxylation sites is 1. The Labute approximate surface area is 181 Å². The zero-order valence-electron chi connectivity index (χ0n) is 17.4. The molecule has 0 aliphatic heterocycles. The summed E-state index contributed by atoms with van der Waals surface area (Å²) in [7, 11) is 2.47. The molecule has 6 heteroatoms. The lowest BCUT2D eigenvalue weighted by atomic mass is 9.97. The first-order valence-electron chi connectivity index (χ1n) is 9.82. The van der Waals surface area contributed by atoms with Gasteiger partial charge in [-0.3, -0.25) is 0 Å². The van der Waals surface area contributed by atoms with Gasteiger partial charge in [-0.15, -0.1) is 0 Å². The Morgan fingerprint density at radius 1 is 0.806 bits per heavy atom. The van der Waals surface area contributed by atoms with Crippen molar-refractivity contribution in [3.8, 4) is 11.5 Å². The fourth-order valence-electron chi connectivity index (χ4n) is 3.15. The fourth-order valence-corrected chi connectivity index (χ4v) is 3.15. The Morgan fingerprint density at radius 2 is 1.42 bits per heavy atom. The van der Waals surface area contributed by atoms with Crippen LogP contribution in [-0.2, 0) is 15.9 Å². The van der Waals surface area contributed by atoms with Gasteiger partial charge in [0.05, 0.1) is 31.5 Å². The quantitative estimate of drug-likeness (QED) is 0.531. The molecule has 1 atom stereocenters. The smallest absolute Gasteiger partial charge is 0.338 e. The van der Waals surface area contributed by atoms with E-state index in [1.54, 1.807) is 6.07 Å². The third-order valence-corrected chi connectivity index (χ3v) is 4.85. The minimum absolute atomic E-state index is 0.0633. The molecule has 0 radical (unpaired) electrons. The van der Waals surface area contributed by atoms with Crippen molar-refractivity contribution in [1.82, 2.24) is 0 Å². The zero-order chi connectivity index (χ0) is 22.2. The van der Waals surface area contributed by atoms with Crippen LogP contribution in [0.2, 0.25) is 0 Å². The molecule has 0 spiro atoms. The molecule has 31 heavy (non-hydrogen) atoms. The predicted octanol–water partition coefficient (Wildman–Crippen LogP) is 4.72. The Kier molecular flexibility index (Phi) is 7.40. The molecular weight excluding hydrogens is 396 g/mol. The first-order chi connectivity index (χ1) is 15.0. The van der Waals surface area contributed by atoms with Crippen LogP contribution in [0, 0.1) is 0 Å². The maximum Gasteiger partial charge on any atom is 0.338 e. The zero-order valence-corrected chi connectivity index (χ0v) is 17.4. The van der Waals surface area contributed by atoms with Gasteiger partial charge in [-0.2, -0.15) is 0 Å². The molecule has 3 rings (SSSR count). The van der Waals surface area contributed by atoms with E-state index >= 15 is 0 Å². The number of ether oxygens (including phenoxy) is 3. The largest absolute Gasteiger partial charge is 0.465 e. The molecule has 1 unspecified atom stereocenters. The van der Waals surface area contributed by atoms with Crippen molar-refractivity contribution < 1.29 is 28.9 Å². The third kappa shape index (κ3) is 5.71. The van der Waals surface area contributed by atoms with Crippen molar-refractivity contribution >= 4 is 11.9 Å². The van der Waals surface area contributed by atoms with E-state index in [4.69, 9.17) is 14.2 Å². The van der Waals surface area contributed by atoms with E-state index in [-0.39, 0.29) is 11.1 Å². The molecule has 0 saturated heterocycles. The summed E-state index contributed by atoms with van der Waals surface area (Å²) in [5, 5.41) is 10.6. The molecule has 0 aromatic heterocycles. The van der Waals surface area contributed by atoms with Crippen LogP contribution in [0.15, 0.2) is 72.8 Å². The van der Waals surface area contributed by atoms with Gasteiger partial charge in [-0.05, 0) is 60.4 Å². The van der Waals surface area contributed by atoms with E-state index in [2.05, 4.69) is 0 Å². The van der Waals surface area contributed by atoms with Gasteiger partial charge in [-0.25, -0.2) is 9.59 Å². The van der Waals surface area contributed by atoms with Crippen molar-refractivity contribution in [1.29, 1.82) is 0 Å². The first kappa shape index (κ1) is 22.1. The number of benzene rings is 3. The molecule has 0 heterocycles. The minimum atomic E-state index is -0.810. The van der Waals surface area contributed by atoms with Gasteiger partial charge in [0.2, 0.25) is 0 Å². The number of methoxy groups -OCH3 is 2. The Hall–Kier alpha value is -3.64. The SMILES string of the molecule is COC(=O)c1ccc(C(O)CCc2ccc(Oc3ccccc3)cc2)cc1C(=O)OC. The molecule has 6 nitrogen and oxygen atoms in total. The van der Waals surface area contributed by atoms with Crippen molar-refractivity contribution in [2.24, 2.45) is 0 Å². The molecular formula is C25H24O6. The number of aliphatic hydroxyl groups excluding tert-OH is 1. The summed E-state index contributed by atoms with van der Waals surface area (Å²) in [5.41, 5.74) is 1.73. The van der Waals surface area contributed by atoms with E-state index in [9.17, 15) is 14.7 Å². The van der Waals surface area contributed by atoms with Gasteiger partial charge in [0.25, 0.3) is 0 Å². The fraction of sp³-hybridized carbons (Fsp3) is 0.200. The Bertz CT molecular complexity index is 1030. The molecule has 0 fully saturated rings. The van der Waals surface area contributed by atoms with Crippen LogP contribution in [0.5, 0.6) is 11.5 Å². The van der Waals surface area contributed by atoms with Crippen LogP contribution in [0.1, 0.15) is 44.4 Å². The van der Waals surface area contributed by atoms with Crippen molar-refractivity contribution in [3.63, 3.8) is 0 Å². The molecule has 3 aromatic rings. The van der Waals surface area contributed by atoms with E-state index in [0.717, 1.165) is 17.1 Å².